The molecule has 0 aromatic carbocycles. The lowest BCUT2D eigenvalue weighted by atomic mass is 9.83. The van der Waals surface area contributed by atoms with E-state index in [1.54, 1.807) is 0 Å². The van der Waals surface area contributed by atoms with Crippen molar-refractivity contribution in [1.82, 2.24) is 5.32 Å². The summed E-state index contributed by atoms with van der Waals surface area (Å²) in [6.45, 7) is 10.8. The predicted octanol–water partition coefficient (Wildman–Crippen LogP) is 2.72. The van der Waals surface area contributed by atoms with E-state index in [-0.39, 0.29) is 5.91 Å². The second kappa shape index (κ2) is 6.52. The van der Waals surface area contributed by atoms with Crippen LogP contribution in [0.2, 0.25) is 0 Å². The topological polar surface area (TPSA) is 52.9 Å². The van der Waals surface area contributed by atoms with Gasteiger partial charge in [0.1, 0.15) is 5.41 Å². The molecule has 0 saturated carbocycles. The summed E-state index contributed by atoms with van der Waals surface area (Å²) >= 11 is 0. The highest BCUT2D eigenvalue weighted by molar-refractivity contribution is 5.85. The molecule has 92 valence electrons. The summed E-state index contributed by atoms with van der Waals surface area (Å²) in [6.07, 6.45) is 1.14. The number of nitriles is 1. The Labute approximate surface area is 99.2 Å². The van der Waals surface area contributed by atoms with Gasteiger partial charge in [-0.25, -0.2) is 0 Å². The fourth-order valence-corrected chi connectivity index (χ4v) is 1.44. The third-order valence-electron chi connectivity index (χ3n) is 3.58. The van der Waals surface area contributed by atoms with Crippen LogP contribution < -0.4 is 5.32 Å². The first-order valence-electron chi connectivity index (χ1n) is 6.13. The summed E-state index contributed by atoms with van der Waals surface area (Å²) < 4.78 is 0. The summed E-state index contributed by atoms with van der Waals surface area (Å²) in [6, 6.07) is 2.16. The van der Waals surface area contributed by atoms with Crippen LogP contribution in [0.15, 0.2) is 0 Å². The molecule has 1 unspecified atom stereocenters. The number of nitrogens with zero attached hydrogens (tertiary/aromatic N) is 1. The van der Waals surface area contributed by atoms with Crippen molar-refractivity contribution < 1.29 is 4.79 Å². The van der Waals surface area contributed by atoms with Gasteiger partial charge in [-0.1, -0.05) is 34.6 Å². The average molecular weight is 224 g/mol. The van der Waals surface area contributed by atoms with Gasteiger partial charge < -0.3 is 5.32 Å². The van der Waals surface area contributed by atoms with Crippen molar-refractivity contribution in [2.45, 2.75) is 47.5 Å². The van der Waals surface area contributed by atoms with E-state index >= 15 is 0 Å². The van der Waals surface area contributed by atoms with E-state index in [1.807, 2.05) is 13.8 Å². The summed E-state index contributed by atoms with van der Waals surface area (Å²) in [5.41, 5.74) is -0.837. The second-order valence-electron chi connectivity index (χ2n) is 4.83. The van der Waals surface area contributed by atoms with Crippen LogP contribution in [0.5, 0.6) is 0 Å². The highest BCUT2D eigenvalue weighted by Gasteiger charge is 2.34. The van der Waals surface area contributed by atoms with E-state index in [4.69, 9.17) is 5.26 Å². The predicted molar refractivity (Wildman–Crippen MR) is 65.6 cm³/mol. The molecular weight excluding hydrogens is 200 g/mol. The molecule has 1 amide bonds. The Balaban J connectivity index is 4.40. The summed E-state index contributed by atoms with van der Waals surface area (Å²) in [5.74, 6) is 0.863. The minimum Gasteiger partial charge on any atom is -0.354 e. The number of nitrogens with one attached hydrogen (secondary N) is 1. The number of carbonyl (C=O) groups is 1. The maximum Gasteiger partial charge on any atom is 0.240 e. The standard InChI is InChI=1S/C13H24N2O/c1-6-13(7-2,9-14)12(16)15-8-11(5)10(3)4/h10-11H,6-8H2,1-5H3,(H,15,16). The first-order chi connectivity index (χ1) is 7.43. The molecule has 0 saturated heterocycles. The molecule has 0 aliphatic rings. The third-order valence-corrected chi connectivity index (χ3v) is 3.58. The molecule has 0 bridgehead atoms. The number of hydrogen-bond donors (Lipinski definition) is 1. The molecule has 3 nitrogen and oxygen atoms in total. The zero-order valence-corrected chi connectivity index (χ0v) is 11.1. The Kier molecular flexibility index (Phi) is 6.10. The molecular formula is C13H24N2O. The first kappa shape index (κ1) is 15.0. The Morgan fingerprint density at radius 1 is 1.31 bits per heavy atom. The molecule has 3 heteroatoms. The maximum absolute atomic E-state index is 12.0. The molecule has 0 aliphatic carbocycles. The van der Waals surface area contributed by atoms with Crippen LogP contribution in [0.3, 0.4) is 0 Å². The van der Waals surface area contributed by atoms with Crippen molar-refractivity contribution >= 4 is 5.91 Å². The van der Waals surface area contributed by atoms with Crippen molar-refractivity contribution in [2.75, 3.05) is 6.54 Å². The molecule has 0 aromatic rings. The minimum absolute atomic E-state index is 0.118. The molecule has 1 N–H and O–H groups in total. The summed E-state index contributed by atoms with van der Waals surface area (Å²) in [5, 5.41) is 12.0. The lowest BCUT2D eigenvalue weighted by molar-refractivity contribution is -0.128. The normalized spacial score (nSPS) is 13.3. The van der Waals surface area contributed by atoms with E-state index in [9.17, 15) is 4.79 Å². The fraction of sp³-hybridized carbons (Fsp3) is 0.846. The molecule has 0 spiro atoms. The van der Waals surface area contributed by atoms with E-state index < -0.39 is 5.41 Å². The smallest absolute Gasteiger partial charge is 0.240 e. The van der Waals surface area contributed by atoms with Crippen LogP contribution in [-0.2, 0) is 4.79 Å². The largest absolute Gasteiger partial charge is 0.354 e. The van der Waals surface area contributed by atoms with E-state index in [2.05, 4.69) is 32.2 Å². The van der Waals surface area contributed by atoms with Crippen LogP contribution in [0.4, 0.5) is 0 Å². The molecule has 0 radical (unpaired) electrons. The highest BCUT2D eigenvalue weighted by Crippen LogP contribution is 2.25. The maximum atomic E-state index is 12.0. The van der Waals surface area contributed by atoms with Crippen molar-refractivity contribution in [3.05, 3.63) is 0 Å². The highest BCUT2D eigenvalue weighted by atomic mass is 16.2. The minimum atomic E-state index is -0.837. The average Bonchev–Trinajstić information content (AvgIpc) is 2.28. The van der Waals surface area contributed by atoms with Gasteiger partial charge in [-0.15, -0.1) is 0 Å². The first-order valence-corrected chi connectivity index (χ1v) is 6.13. The summed E-state index contributed by atoms with van der Waals surface area (Å²) in [4.78, 5) is 12.0. The molecule has 0 fully saturated rings. The van der Waals surface area contributed by atoms with Crippen molar-refractivity contribution in [2.24, 2.45) is 17.3 Å². The zero-order chi connectivity index (χ0) is 12.8. The molecule has 0 heterocycles. The van der Waals surface area contributed by atoms with Crippen molar-refractivity contribution in [3.8, 4) is 6.07 Å². The van der Waals surface area contributed by atoms with Crippen LogP contribution in [0.25, 0.3) is 0 Å². The lowest BCUT2D eigenvalue weighted by Gasteiger charge is -2.24. The van der Waals surface area contributed by atoms with Crippen LogP contribution in [0.1, 0.15) is 47.5 Å². The number of hydrogen-bond acceptors (Lipinski definition) is 2. The van der Waals surface area contributed by atoms with Crippen LogP contribution in [-0.4, -0.2) is 12.5 Å². The van der Waals surface area contributed by atoms with E-state index in [0.717, 1.165) is 0 Å². The number of carbonyl (C=O) groups excluding carboxylic acids is 1. The van der Waals surface area contributed by atoms with Gasteiger partial charge in [0, 0.05) is 6.54 Å². The van der Waals surface area contributed by atoms with Gasteiger partial charge in [0.2, 0.25) is 5.91 Å². The molecule has 16 heavy (non-hydrogen) atoms. The second-order valence-corrected chi connectivity index (χ2v) is 4.83. The zero-order valence-electron chi connectivity index (χ0n) is 11.1. The Bertz CT molecular complexity index is 262. The third kappa shape index (κ3) is 3.52. The monoisotopic (exact) mass is 224 g/mol. The van der Waals surface area contributed by atoms with Gasteiger partial charge >= 0.3 is 0 Å². The van der Waals surface area contributed by atoms with Gasteiger partial charge in [0.05, 0.1) is 6.07 Å². The van der Waals surface area contributed by atoms with E-state index in [0.29, 0.717) is 31.2 Å². The lowest BCUT2D eigenvalue weighted by Crippen LogP contribution is -2.41. The van der Waals surface area contributed by atoms with Gasteiger partial charge in [-0.05, 0) is 24.7 Å². The Hall–Kier alpha value is -1.04. The van der Waals surface area contributed by atoms with Gasteiger partial charge in [-0.3, -0.25) is 4.79 Å². The van der Waals surface area contributed by atoms with Gasteiger partial charge in [0.15, 0.2) is 0 Å². The van der Waals surface area contributed by atoms with Crippen molar-refractivity contribution in [3.63, 3.8) is 0 Å². The van der Waals surface area contributed by atoms with E-state index in [1.165, 1.54) is 0 Å². The fourth-order valence-electron chi connectivity index (χ4n) is 1.44. The van der Waals surface area contributed by atoms with Crippen LogP contribution in [0, 0.1) is 28.6 Å². The van der Waals surface area contributed by atoms with Crippen molar-refractivity contribution in [1.29, 1.82) is 5.26 Å². The number of amides is 1. The van der Waals surface area contributed by atoms with Gasteiger partial charge in [0.25, 0.3) is 0 Å². The molecule has 0 aromatic heterocycles. The molecule has 0 aliphatic heterocycles. The number of rotatable bonds is 6. The Morgan fingerprint density at radius 2 is 1.81 bits per heavy atom. The van der Waals surface area contributed by atoms with Gasteiger partial charge in [-0.2, -0.15) is 5.26 Å². The SMILES string of the molecule is CCC(C#N)(CC)C(=O)NCC(C)C(C)C. The van der Waals surface area contributed by atoms with Crippen LogP contribution >= 0.6 is 0 Å². The molecule has 1 atom stereocenters. The molecule has 0 rings (SSSR count). The quantitative estimate of drug-likeness (QED) is 0.754. The Morgan fingerprint density at radius 3 is 2.12 bits per heavy atom. The summed E-state index contributed by atoms with van der Waals surface area (Å²) in [7, 11) is 0.